The lowest BCUT2D eigenvalue weighted by Gasteiger charge is -2.28. The quantitative estimate of drug-likeness (QED) is 0.609. The zero-order chi connectivity index (χ0) is 17.6. The molecule has 3 N–H and O–H groups in total. The van der Waals surface area contributed by atoms with Crippen LogP contribution in [-0.4, -0.2) is 63.7 Å². The molecular weight excluding hydrogens is 342 g/mol. The molecule has 2 atom stereocenters. The molecule has 0 aliphatic carbocycles. The van der Waals surface area contributed by atoms with Gasteiger partial charge in [0, 0.05) is 31.5 Å². The Morgan fingerprint density at radius 3 is 2.75 bits per heavy atom. The molecule has 0 spiro atoms. The normalized spacial score (nSPS) is 23.6. The number of hydrogen-bond donors (Lipinski definition) is 2. The van der Waals surface area contributed by atoms with E-state index in [0.29, 0.717) is 16.2 Å². The zero-order valence-electron chi connectivity index (χ0n) is 12.6. The van der Waals surface area contributed by atoms with Gasteiger partial charge in [0.05, 0.1) is 12.6 Å². The van der Waals surface area contributed by atoms with Crippen molar-refractivity contribution >= 4 is 22.0 Å². The van der Waals surface area contributed by atoms with Crippen molar-refractivity contribution in [2.75, 3.05) is 13.1 Å². The Morgan fingerprint density at radius 2 is 2.17 bits per heavy atom. The van der Waals surface area contributed by atoms with Crippen LogP contribution < -0.4 is 11.4 Å². The number of nitrogens with two attached hydrogens (primary N) is 1. The second kappa shape index (κ2) is 5.66. The Hall–Kier alpha value is -2.28. The summed E-state index contributed by atoms with van der Waals surface area (Å²) in [5.74, 6) is 0. The molecule has 3 heterocycles. The fraction of sp³-hybridized carbons (Fsp3) is 0.417. The van der Waals surface area contributed by atoms with Crippen LogP contribution in [0.25, 0.3) is 5.57 Å². The predicted octanol–water partition coefficient (Wildman–Crippen LogP) is -1.65. The van der Waals surface area contributed by atoms with Crippen molar-refractivity contribution in [3.05, 3.63) is 34.5 Å². The number of carbonyl (C=O) groups excluding carboxylic acids is 1. The number of nitrogens with zero attached hydrogens (tertiary/aromatic N) is 4. The molecular formula is C12H15N5O6S. The highest BCUT2D eigenvalue weighted by Crippen LogP contribution is 2.35. The number of urea groups is 1. The lowest BCUT2D eigenvalue weighted by Crippen LogP contribution is -2.43. The summed E-state index contributed by atoms with van der Waals surface area (Å²) >= 11 is 0. The molecule has 2 amide bonds. The van der Waals surface area contributed by atoms with E-state index in [1.807, 2.05) is 0 Å². The summed E-state index contributed by atoms with van der Waals surface area (Å²) in [6, 6.07) is -1.99. The smallest absolute Gasteiger partial charge is 0.328 e. The number of hydroxylamine groups is 2. The van der Waals surface area contributed by atoms with Gasteiger partial charge >= 0.3 is 22.1 Å². The van der Waals surface area contributed by atoms with Gasteiger partial charge in [-0.25, -0.2) is 14.6 Å². The molecule has 130 valence electrons. The summed E-state index contributed by atoms with van der Waals surface area (Å²) in [4.78, 5) is 28.8. The van der Waals surface area contributed by atoms with E-state index in [1.54, 1.807) is 6.08 Å². The first-order valence-electron chi connectivity index (χ1n) is 6.93. The number of aromatic nitrogens is 2. The number of fused-ring (bicyclic) bond motifs is 2. The van der Waals surface area contributed by atoms with Crippen LogP contribution in [0.2, 0.25) is 0 Å². The van der Waals surface area contributed by atoms with Crippen molar-refractivity contribution in [3.8, 4) is 0 Å². The second-order valence-corrected chi connectivity index (χ2v) is 6.44. The van der Waals surface area contributed by atoms with Crippen LogP contribution in [-0.2, 0) is 21.7 Å². The Labute approximate surface area is 136 Å². The SMILES string of the molecule is Cn1cc(C2=CC(CN)N3C[C@@H]2N(OS(=O)(=O)O)C3=O)cnc1=O. The van der Waals surface area contributed by atoms with Crippen molar-refractivity contribution in [2.24, 2.45) is 12.8 Å². The summed E-state index contributed by atoms with van der Waals surface area (Å²) in [7, 11) is -3.36. The maximum absolute atomic E-state index is 12.3. The molecule has 0 radical (unpaired) electrons. The molecule has 1 aromatic heterocycles. The van der Waals surface area contributed by atoms with Crippen molar-refractivity contribution in [1.82, 2.24) is 19.5 Å². The molecule has 1 aromatic rings. The molecule has 1 saturated heterocycles. The molecule has 1 unspecified atom stereocenters. The van der Waals surface area contributed by atoms with Crippen LogP contribution in [0, 0.1) is 0 Å². The second-order valence-electron chi connectivity index (χ2n) is 5.44. The standard InChI is InChI=1S/C12H15N5O6S/c1-15-5-7(4-14-11(15)18)9-2-8(3-13)16-6-10(9)17(12(16)19)23-24(20,21)22/h2,4-5,8,10H,3,6,13H2,1H3,(H,20,21,22)/t8?,10-/m0/s1. The minimum atomic E-state index is -4.87. The Balaban J connectivity index is 2.07. The van der Waals surface area contributed by atoms with Gasteiger partial charge < -0.3 is 15.2 Å². The van der Waals surface area contributed by atoms with Crippen LogP contribution in [0.15, 0.2) is 23.3 Å². The van der Waals surface area contributed by atoms with Gasteiger partial charge in [-0.15, -0.1) is 4.28 Å². The van der Waals surface area contributed by atoms with Crippen molar-refractivity contribution in [2.45, 2.75) is 12.1 Å². The van der Waals surface area contributed by atoms with Gasteiger partial charge in [0.2, 0.25) is 0 Å². The van der Waals surface area contributed by atoms with Gasteiger partial charge in [0.25, 0.3) is 0 Å². The molecule has 11 nitrogen and oxygen atoms in total. The fourth-order valence-electron chi connectivity index (χ4n) is 2.84. The largest absolute Gasteiger partial charge is 0.418 e. The van der Waals surface area contributed by atoms with Gasteiger partial charge in [0.15, 0.2) is 0 Å². The van der Waals surface area contributed by atoms with Crippen molar-refractivity contribution < 1.29 is 22.0 Å². The summed E-state index contributed by atoms with van der Waals surface area (Å²) < 4.78 is 36.7. The first-order chi connectivity index (χ1) is 11.2. The minimum absolute atomic E-state index is 0.112. The highest BCUT2D eigenvalue weighted by Gasteiger charge is 2.48. The lowest BCUT2D eigenvalue weighted by molar-refractivity contribution is -0.0162. The van der Waals surface area contributed by atoms with Gasteiger partial charge in [-0.3, -0.25) is 4.55 Å². The molecule has 12 heteroatoms. The first kappa shape index (κ1) is 16.6. The van der Waals surface area contributed by atoms with Crippen LogP contribution >= 0.6 is 0 Å². The number of amides is 2. The van der Waals surface area contributed by atoms with E-state index in [2.05, 4.69) is 9.27 Å². The van der Waals surface area contributed by atoms with E-state index in [-0.39, 0.29) is 13.1 Å². The average Bonchev–Trinajstić information content (AvgIpc) is 2.76. The van der Waals surface area contributed by atoms with Crippen LogP contribution in [0.3, 0.4) is 0 Å². The minimum Gasteiger partial charge on any atom is -0.328 e. The van der Waals surface area contributed by atoms with Crippen molar-refractivity contribution in [3.63, 3.8) is 0 Å². The van der Waals surface area contributed by atoms with E-state index in [4.69, 9.17) is 10.3 Å². The van der Waals surface area contributed by atoms with E-state index < -0.39 is 34.2 Å². The third kappa shape index (κ3) is 2.80. The Kier molecular flexibility index (Phi) is 3.91. The van der Waals surface area contributed by atoms with Gasteiger partial charge in [0.1, 0.15) is 6.04 Å². The topological polar surface area (TPSA) is 148 Å². The molecule has 2 aliphatic heterocycles. The summed E-state index contributed by atoms with van der Waals surface area (Å²) in [5.41, 5.74) is 6.26. The monoisotopic (exact) mass is 357 g/mol. The first-order valence-corrected chi connectivity index (χ1v) is 8.29. The van der Waals surface area contributed by atoms with Crippen molar-refractivity contribution in [1.29, 1.82) is 0 Å². The average molecular weight is 357 g/mol. The molecule has 24 heavy (non-hydrogen) atoms. The maximum Gasteiger partial charge on any atom is 0.418 e. The number of rotatable bonds is 4. The highest BCUT2D eigenvalue weighted by molar-refractivity contribution is 7.80. The summed E-state index contributed by atoms with van der Waals surface area (Å²) in [5, 5.41) is 0.585. The van der Waals surface area contributed by atoms with E-state index >= 15 is 0 Å². The van der Waals surface area contributed by atoms with Crippen LogP contribution in [0.1, 0.15) is 5.56 Å². The molecule has 3 rings (SSSR count). The Morgan fingerprint density at radius 1 is 1.46 bits per heavy atom. The third-order valence-electron chi connectivity index (χ3n) is 3.92. The molecule has 0 aromatic carbocycles. The number of aryl methyl sites for hydroxylation is 1. The highest BCUT2D eigenvalue weighted by atomic mass is 32.3. The van der Waals surface area contributed by atoms with Crippen LogP contribution in [0.5, 0.6) is 0 Å². The molecule has 2 bridgehead atoms. The van der Waals surface area contributed by atoms with E-state index in [1.165, 1.54) is 28.9 Å². The van der Waals surface area contributed by atoms with Crippen LogP contribution in [0.4, 0.5) is 4.79 Å². The zero-order valence-corrected chi connectivity index (χ0v) is 13.4. The van der Waals surface area contributed by atoms with Gasteiger partial charge in [-0.2, -0.15) is 13.5 Å². The Bertz CT molecular complexity index is 878. The molecule has 2 aliphatic rings. The third-order valence-corrected chi connectivity index (χ3v) is 4.27. The van der Waals surface area contributed by atoms with Gasteiger partial charge in [-0.05, 0) is 5.57 Å². The van der Waals surface area contributed by atoms with E-state index in [9.17, 15) is 18.0 Å². The summed E-state index contributed by atoms with van der Waals surface area (Å²) in [6.45, 7) is 0.242. The fourth-order valence-corrected chi connectivity index (χ4v) is 3.21. The number of carbonyl (C=O) groups is 1. The lowest BCUT2D eigenvalue weighted by atomic mass is 9.95. The summed E-state index contributed by atoms with van der Waals surface area (Å²) in [6.07, 6.45) is 4.53. The van der Waals surface area contributed by atoms with E-state index in [0.717, 1.165) is 0 Å². The van der Waals surface area contributed by atoms with Gasteiger partial charge in [-0.1, -0.05) is 6.08 Å². The number of hydrogen-bond acceptors (Lipinski definition) is 7. The maximum atomic E-state index is 12.3. The molecule has 0 saturated carbocycles. The predicted molar refractivity (Wildman–Crippen MR) is 80.7 cm³/mol. The molecule has 1 fully saturated rings.